The minimum Gasteiger partial charge on any atom is -0.308 e. The van der Waals surface area contributed by atoms with Gasteiger partial charge in [-0.2, -0.15) is 4.31 Å². The van der Waals surface area contributed by atoms with Gasteiger partial charge in [-0.05, 0) is 36.8 Å². The maximum absolute atomic E-state index is 13.2. The van der Waals surface area contributed by atoms with Crippen molar-refractivity contribution in [2.24, 2.45) is 0 Å². The van der Waals surface area contributed by atoms with Crippen LogP contribution in [0.3, 0.4) is 0 Å². The molecule has 0 aromatic heterocycles. The third-order valence-electron chi connectivity index (χ3n) is 4.47. The number of sulfonamides is 1. The summed E-state index contributed by atoms with van der Waals surface area (Å²) in [5, 5.41) is 0. The van der Waals surface area contributed by atoms with Crippen molar-refractivity contribution in [2.45, 2.75) is 38.5 Å². The van der Waals surface area contributed by atoms with E-state index < -0.39 is 10.0 Å². The highest BCUT2D eigenvalue weighted by Crippen LogP contribution is 2.21. The zero-order chi connectivity index (χ0) is 19.9. The first-order valence-electron chi connectivity index (χ1n) is 9.42. The minimum atomic E-state index is -3.60. The molecule has 6 heteroatoms. The van der Waals surface area contributed by atoms with Gasteiger partial charge in [-0.25, -0.2) is 8.42 Å². The van der Waals surface area contributed by atoms with Crippen molar-refractivity contribution in [3.8, 4) is 0 Å². The van der Waals surface area contributed by atoms with Crippen molar-refractivity contribution < 1.29 is 13.2 Å². The van der Waals surface area contributed by atoms with E-state index in [1.54, 1.807) is 36.9 Å². The number of hydrogen-bond donors (Lipinski definition) is 0. The van der Waals surface area contributed by atoms with Gasteiger partial charge in [0.1, 0.15) is 0 Å². The Balaban J connectivity index is 2.40. The van der Waals surface area contributed by atoms with Crippen LogP contribution in [0.5, 0.6) is 0 Å². The van der Waals surface area contributed by atoms with Gasteiger partial charge in [0.15, 0.2) is 0 Å². The first-order chi connectivity index (χ1) is 13.0. The molecule has 0 spiro atoms. The number of anilines is 1. The second kappa shape index (κ2) is 9.67. The molecule has 0 unspecified atom stereocenters. The lowest BCUT2D eigenvalue weighted by atomic mass is 10.1. The summed E-state index contributed by atoms with van der Waals surface area (Å²) in [6, 6.07) is 15.8. The molecule has 0 saturated carbocycles. The van der Waals surface area contributed by atoms with Crippen molar-refractivity contribution in [2.75, 3.05) is 24.5 Å². The van der Waals surface area contributed by atoms with Crippen molar-refractivity contribution in [1.82, 2.24) is 4.31 Å². The fourth-order valence-corrected chi connectivity index (χ4v) is 4.43. The van der Waals surface area contributed by atoms with Crippen LogP contribution in [-0.4, -0.2) is 38.3 Å². The summed E-state index contributed by atoms with van der Waals surface area (Å²) in [4.78, 5) is 15.0. The molecule has 0 aliphatic heterocycles. The van der Waals surface area contributed by atoms with E-state index in [0.29, 0.717) is 25.2 Å². The van der Waals surface area contributed by atoms with Gasteiger partial charge in [0, 0.05) is 30.9 Å². The zero-order valence-electron chi connectivity index (χ0n) is 16.3. The van der Waals surface area contributed by atoms with Crippen LogP contribution < -0.4 is 4.90 Å². The number of rotatable bonds is 9. The van der Waals surface area contributed by atoms with Crippen LogP contribution in [0.25, 0.3) is 0 Å². The molecule has 0 N–H and O–H groups in total. The van der Waals surface area contributed by atoms with Crippen LogP contribution in [-0.2, 0) is 10.0 Å². The summed E-state index contributed by atoms with van der Waals surface area (Å²) >= 11 is 0. The van der Waals surface area contributed by atoms with Crippen molar-refractivity contribution in [3.63, 3.8) is 0 Å². The molecule has 5 nitrogen and oxygen atoms in total. The van der Waals surface area contributed by atoms with Crippen LogP contribution in [0.2, 0.25) is 0 Å². The number of carbonyl (C=O) groups excluding carboxylic acids is 1. The number of amides is 1. The highest BCUT2D eigenvalue weighted by molar-refractivity contribution is 7.89. The number of carbonyl (C=O) groups is 1. The summed E-state index contributed by atoms with van der Waals surface area (Å²) in [7, 11) is -3.60. The fraction of sp³-hybridized carbons (Fsp3) is 0.381. The van der Waals surface area contributed by atoms with E-state index >= 15 is 0 Å². The van der Waals surface area contributed by atoms with E-state index in [2.05, 4.69) is 6.92 Å². The lowest BCUT2D eigenvalue weighted by Gasteiger charge is -2.23. The molecule has 0 fully saturated rings. The minimum absolute atomic E-state index is 0.153. The molecule has 0 atom stereocenters. The van der Waals surface area contributed by atoms with Crippen LogP contribution in [0.1, 0.15) is 44.0 Å². The average Bonchev–Trinajstić information content (AvgIpc) is 2.69. The highest BCUT2D eigenvalue weighted by Gasteiger charge is 2.24. The van der Waals surface area contributed by atoms with E-state index in [0.717, 1.165) is 18.5 Å². The van der Waals surface area contributed by atoms with Gasteiger partial charge in [0.05, 0.1) is 4.90 Å². The van der Waals surface area contributed by atoms with Gasteiger partial charge in [-0.15, -0.1) is 0 Å². The predicted octanol–water partition coefficient (Wildman–Crippen LogP) is 4.16. The number of unbranched alkanes of at least 4 members (excludes halogenated alkanes) is 1. The van der Waals surface area contributed by atoms with E-state index in [4.69, 9.17) is 0 Å². The molecule has 1 amide bonds. The normalized spacial score (nSPS) is 11.6. The lowest BCUT2D eigenvalue weighted by Crippen LogP contribution is -2.33. The molecule has 0 aliphatic carbocycles. The Hall–Kier alpha value is -2.18. The molecule has 0 heterocycles. The molecule has 0 aliphatic rings. The Morgan fingerprint density at radius 1 is 0.926 bits per heavy atom. The summed E-state index contributed by atoms with van der Waals surface area (Å²) in [5.74, 6) is -0.189. The molecule has 2 aromatic rings. The number of benzene rings is 2. The average molecular weight is 389 g/mol. The van der Waals surface area contributed by atoms with Gasteiger partial charge in [0.2, 0.25) is 10.0 Å². The highest BCUT2D eigenvalue weighted by atomic mass is 32.2. The Bertz CT molecular complexity index is 847. The van der Waals surface area contributed by atoms with Gasteiger partial charge < -0.3 is 4.90 Å². The van der Waals surface area contributed by atoms with Crippen LogP contribution >= 0.6 is 0 Å². The molecule has 0 saturated heterocycles. The van der Waals surface area contributed by atoms with Crippen LogP contribution in [0.4, 0.5) is 5.69 Å². The molecule has 2 aromatic carbocycles. The number of nitrogens with zero attached hydrogens (tertiary/aromatic N) is 2. The summed E-state index contributed by atoms with van der Waals surface area (Å²) in [5.41, 5.74) is 1.19. The fourth-order valence-electron chi connectivity index (χ4n) is 2.93. The predicted molar refractivity (Wildman–Crippen MR) is 110 cm³/mol. The summed E-state index contributed by atoms with van der Waals surface area (Å²) < 4.78 is 27.0. The maximum atomic E-state index is 13.2. The van der Waals surface area contributed by atoms with Gasteiger partial charge in [-0.1, -0.05) is 51.5 Å². The maximum Gasteiger partial charge on any atom is 0.258 e. The lowest BCUT2D eigenvalue weighted by molar-refractivity contribution is 0.0986. The smallest absolute Gasteiger partial charge is 0.258 e. The molecular weight excluding hydrogens is 360 g/mol. The zero-order valence-corrected chi connectivity index (χ0v) is 17.1. The van der Waals surface area contributed by atoms with Crippen LogP contribution in [0.15, 0.2) is 59.5 Å². The summed E-state index contributed by atoms with van der Waals surface area (Å²) in [6.07, 6.45) is 1.84. The first-order valence-corrected chi connectivity index (χ1v) is 10.9. The topological polar surface area (TPSA) is 57.7 Å². The number of hydrogen-bond acceptors (Lipinski definition) is 3. The Labute approximate surface area is 162 Å². The second-order valence-electron chi connectivity index (χ2n) is 6.26. The Kier molecular flexibility index (Phi) is 7.56. The molecule has 27 heavy (non-hydrogen) atoms. The second-order valence-corrected chi connectivity index (χ2v) is 8.20. The molecule has 146 valence electrons. The Morgan fingerprint density at radius 3 is 2.19 bits per heavy atom. The molecular formula is C21H28N2O3S. The van der Waals surface area contributed by atoms with Crippen LogP contribution in [0, 0.1) is 0 Å². The third kappa shape index (κ3) is 4.96. The van der Waals surface area contributed by atoms with Crippen molar-refractivity contribution in [1.29, 1.82) is 0 Å². The summed E-state index contributed by atoms with van der Waals surface area (Å²) in [6.45, 7) is 7.06. The molecule has 2 rings (SSSR count). The van der Waals surface area contributed by atoms with Gasteiger partial charge in [0.25, 0.3) is 5.91 Å². The van der Waals surface area contributed by atoms with Gasteiger partial charge >= 0.3 is 0 Å². The first kappa shape index (κ1) is 21.1. The monoisotopic (exact) mass is 388 g/mol. The van der Waals surface area contributed by atoms with E-state index in [1.807, 2.05) is 30.3 Å². The number of para-hydroxylation sites is 1. The van der Waals surface area contributed by atoms with Gasteiger partial charge in [-0.3, -0.25) is 4.79 Å². The SMILES string of the molecule is CCCCN(C(=O)c1cccc(S(=O)(=O)N(CC)CC)c1)c1ccccc1. The largest absolute Gasteiger partial charge is 0.308 e. The van der Waals surface area contributed by atoms with E-state index in [-0.39, 0.29) is 10.8 Å². The van der Waals surface area contributed by atoms with E-state index in [9.17, 15) is 13.2 Å². The third-order valence-corrected chi connectivity index (χ3v) is 6.52. The van der Waals surface area contributed by atoms with E-state index in [1.165, 1.54) is 10.4 Å². The van der Waals surface area contributed by atoms with Crippen molar-refractivity contribution in [3.05, 3.63) is 60.2 Å². The standard InChI is InChI=1S/C21H28N2O3S/c1-4-7-16-23(19-13-9-8-10-14-19)21(24)18-12-11-15-20(17-18)27(25,26)22(5-2)6-3/h8-15,17H,4-7,16H2,1-3H3. The van der Waals surface area contributed by atoms with Crippen molar-refractivity contribution >= 4 is 21.6 Å². The molecule has 0 bridgehead atoms. The quantitative estimate of drug-likeness (QED) is 0.648. The Morgan fingerprint density at radius 2 is 1.59 bits per heavy atom. The molecule has 0 radical (unpaired) electrons.